The maximum Gasteiger partial charge on any atom is 0.119 e. The summed E-state index contributed by atoms with van der Waals surface area (Å²) >= 11 is 0. The van der Waals surface area contributed by atoms with Gasteiger partial charge in [0.05, 0.1) is 32.4 Å². The van der Waals surface area contributed by atoms with Gasteiger partial charge in [-0.3, -0.25) is 4.84 Å². The molecule has 1 N–H and O–H groups in total. The summed E-state index contributed by atoms with van der Waals surface area (Å²) in [5, 5.41) is 11.0. The highest BCUT2D eigenvalue weighted by atomic mass is 16.7. The summed E-state index contributed by atoms with van der Waals surface area (Å²) in [6.07, 6.45) is 0.620. The molecule has 1 unspecified atom stereocenters. The van der Waals surface area contributed by atoms with Gasteiger partial charge in [-0.05, 0) is 30.7 Å². The van der Waals surface area contributed by atoms with Crippen molar-refractivity contribution in [2.24, 2.45) is 0 Å². The van der Waals surface area contributed by atoms with E-state index in [4.69, 9.17) is 14.3 Å². The molecule has 0 saturated carbocycles. The first kappa shape index (κ1) is 14.1. The molecule has 0 spiro atoms. The number of hydrogen-bond donors (Lipinski definition) is 1. The Bertz CT molecular complexity index is 368. The molecule has 0 aliphatic carbocycles. The molecule has 1 saturated heterocycles. The first-order valence-electron chi connectivity index (χ1n) is 6.69. The van der Waals surface area contributed by atoms with Gasteiger partial charge in [-0.1, -0.05) is 6.92 Å². The lowest BCUT2D eigenvalue weighted by atomic mass is 10.3. The summed E-state index contributed by atoms with van der Waals surface area (Å²) in [5.74, 6) is 1.67. The SMILES string of the molecule is CCCOc1ccc(OCCN2CC(O)CO2)cc1. The van der Waals surface area contributed by atoms with Crippen molar-refractivity contribution in [3.05, 3.63) is 24.3 Å². The second kappa shape index (κ2) is 7.33. The first-order chi connectivity index (χ1) is 9.28. The molecule has 0 aromatic heterocycles. The zero-order valence-corrected chi connectivity index (χ0v) is 11.2. The normalized spacial score (nSPS) is 19.6. The fraction of sp³-hybridized carbons (Fsp3) is 0.571. The lowest BCUT2D eigenvalue weighted by Crippen LogP contribution is -2.26. The van der Waals surface area contributed by atoms with E-state index >= 15 is 0 Å². The molecular formula is C14H21NO4. The van der Waals surface area contributed by atoms with Crippen molar-refractivity contribution in [1.29, 1.82) is 0 Å². The Kier molecular flexibility index (Phi) is 5.44. The van der Waals surface area contributed by atoms with E-state index < -0.39 is 0 Å². The molecule has 1 aliphatic heterocycles. The Hall–Kier alpha value is -1.30. The second-order valence-electron chi connectivity index (χ2n) is 4.51. The van der Waals surface area contributed by atoms with Gasteiger partial charge in [0.1, 0.15) is 18.1 Å². The molecule has 5 heteroatoms. The van der Waals surface area contributed by atoms with Gasteiger partial charge in [-0.15, -0.1) is 0 Å². The number of aliphatic hydroxyl groups is 1. The highest BCUT2D eigenvalue weighted by Crippen LogP contribution is 2.17. The van der Waals surface area contributed by atoms with Crippen LogP contribution < -0.4 is 9.47 Å². The summed E-state index contributed by atoms with van der Waals surface area (Å²) in [6.45, 7) is 4.91. The second-order valence-corrected chi connectivity index (χ2v) is 4.51. The van der Waals surface area contributed by atoms with E-state index in [9.17, 15) is 5.11 Å². The van der Waals surface area contributed by atoms with Crippen LogP contribution in [0.15, 0.2) is 24.3 Å². The van der Waals surface area contributed by atoms with Crippen LogP contribution in [0.25, 0.3) is 0 Å². The van der Waals surface area contributed by atoms with Crippen LogP contribution in [-0.4, -0.2) is 49.2 Å². The number of rotatable bonds is 7. The number of hydroxylamine groups is 2. The minimum atomic E-state index is -0.380. The Balaban J connectivity index is 1.68. The standard InChI is InChI=1S/C14H21NO4/c1-2-8-17-13-3-5-14(6-4-13)18-9-7-15-10-12(16)11-19-15/h3-6,12,16H,2,7-11H2,1H3. The number of β-amino-alcohol motifs (C(OH)–C–C–N with tert-alkyl or cyclic N) is 1. The Morgan fingerprint density at radius 1 is 1.21 bits per heavy atom. The molecule has 1 aromatic rings. The van der Waals surface area contributed by atoms with Crippen molar-refractivity contribution in [2.45, 2.75) is 19.4 Å². The van der Waals surface area contributed by atoms with Crippen molar-refractivity contribution < 1.29 is 19.4 Å². The molecule has 0 bridgehead atoms. The third kappa shape index (κ3) is 4.70. The van der Waals surface area contributed by atoms with Gasteiger partial charge in [0, 0.05) is 0 Å². The Labute approximate surface area is 113 Å². The number of ether oxygens (including phenoxy) is 2. The lowest BCUT2D eigenvalue weighted by molar-refractivity contribution is -0.115. The average molecular weight is 267 g/mol. The molecule has 1 atom stereocenters. The summed E-state index contributed by atoms with van der Waals surface area (Å²) < 4.78 is 11.1. The fourth-order valence-electron chi connectivity index (χ4n) is 1.81. The minimum Gasteiger partial charge on any atom is -0.494 e. The molecule has 106 valence electrons. The third-order valence-electron chi connectivity index (χ3n) is 2.77. The monoisotopic (exact) mass is 267 g/mol. The molecule has 0 amide bonds. The van der Waals surface area contributed by atoms with Crippen molar-refractivity contribution in [3.8, 4) is 11.5 Å². The van der Waals surface area contributed by atoms with Crippen molar-refractivity contribution in [2.75, 3.05) is 32.9 Å². The van der Waals surface area contributed by atoms with Crippen LogP contribution in [0.4, 0.5) is 0 Å². The van der Waals surface area contributed by atoms with Crippen LogP contribution in [-0.2, 0) is 4.84 Å². The summed E-state index contributed by atoms with van der Waals surface area (Å²) in [5.41, 5.74) is 0. The van der Waals surface area contributed by atoms with Crippen molar-refractivity contribution in [1.82, 2.24) is 5.06 Å². The molecule has 1 aliphatic rings. The minimum absolute atomic E-state index is 0.378. The Morgan fingerprint density at radius 2 is 1.84 bits per heavy atom. The molecule has 1 heterocycles. The fourth-order valence-corrected chi connectivity index (χ4v) is 1.81. The zero-order chi connectivity index (χ0) is 13.5. The van der Waals surface area contributed by atoms with E-state index in [1.54, 1.807) is 5.06 Å². The van der Waals surface area contributed by atoms with Crippen LogP contribution in [0.2, 0.25) is 0 Å². The molecular weight excluding hydrogens is 246 g/mol. The van der Waals surface area contributed by atoms with Gasteiger partial charge in [0.2, 0.25) is 0 Å². The number of benzene rings is 1. The molecule has 0 radical (unpaired) electrons. The van der Waals surface area contributed by atoms with Gasteiger partial charge in [0.15, 0.2) is 0 Å². The average Bonchev–Trinajstić information content (AvgIpc) is 2.84. The zero-order valence-electron chi connectivity index (χ0n) is 11.2. The van der Waals surface area contributed by atoms with E-state index in [2.05, 4.69) is 6.92 Å². The van der Waals surface area contributed by atoms with Crippen LogP contribution in [0.1, 0.15) is 13.3 Å². The number of nitrogens with zero attached hydrogens (tertiary/aromatic N) is 1. The quantitative estimate of drug-likeness (QED) is 0.810. The first-order valence-corrected chi connectivity index (χ1v) is 6.69. The molecule has 2 rings (SSSR count). The van der Waals surface area contributed by atoms with Crippen LogP contribution in [0, 0.1) is 0 Å². The van der Waals surface area contributed by atoms with E-state index in [0.29, 0.717) is 26.3 Å². The summed E-state index contributed by atoms with van der Waals surface area (Å²) in [4.78, 5) is 5.25. The van der Waals surface area contributed by atoms with E-state index in [1.165, 1.54) is 0 Å². The highest BCUT2D eigenvalue weighted by Gasteiger charge is 2.20. The van der Waals surface area contributed by atoms with Gasteiger partial charge in [0.25, 0.3) is 0 Å². The predicted molar refractivity (Wildman–Crippen MR) is 71.3 cm³/mol. The van der Waals surface area contributed by atoms with Gasteiger partial charge in [-0.25, -0.2) is 0 Å². The van der Waals surface area contributed by atoms with Gasteiger partial charge >= 0.3 is 0 Å². The highest BCUT2D eigenvalue weighted by molar-refractivity contribution is 5.31. The Morgan fingerprint density at radius 3 is 2.37 bits per heavy atom. The van der Waals surface area contributed by atoms with Crippen molar-refractivity contribution in [3.63, 3.8) is 0 Å². The molecule has 1 aromatic carbocycles. The molecule has 19 heavy (non-hydrogen) atoms. The molecule has 1 fully saturated rings. The van der Waals surface area contributed by atoms with E-state index in [1.807, 2.05) is 24.3 Å². The van der Waals surface area contributed by atoms with Crippen LogP contribution >= 0.6 is 0 Å². The summed E-state index contributed by atoms with van der Waals surface area (Å²) in [6, 6.07) is 7.59. The van der Waals surface area contributed by atoms with Crippen LogP contribution in [0.5, 0.6) is 11.5 Å². The smallest absolute Gasteiger partial charge is 0.119 e. The number of aliphatic hydroxyl groups excluding tert-OH is 1. The lowest BCUT2D eigenvalue weighted by Gasteiger charge is -2.14. The van der Waals surface area contributed by atoms with E-state index in [0.717, 1.165) is 24.5 Å². The van der Waals surface area contributed by atoms with Gasteiger partial charge in [-0.2, -0.15) is 5.06 Å². The van der Waals surface area contributed by atoms with Crippen molar-refractivity contribution >= 4 is 0 Å². The maximum atomic E-state index is 9.30. The summed E-state index contributed by atoms with van der Waals surface area (Å²) in [7, 11) is 0. The predicted octanol–water partition coefficient (Wildman–Crippen LogP) is 1.46. The largest absolute Gasteiger partial charge is 0.494 e. The topological polar surface area (TPSA) is 51.2 Å². The molecule has 5 nitrogen and oxygen atoms in total. The third-order valence-corrected chi connectivity index (χ3v) is 2.77. The maximum absolute atomic E-state index is 9.30. The van der Waals surface area contributed by atoms with Crippen LogP contribution in [0.3, 0.4) is 0 Å². The van der Waals surface area contributed by atoms with Gasteiger partial charge < -0.3 is 14.6 Å². The number of hydrogen-bond acceptors (Lipinski definition) is 5. The van der Waals surface area contributed by atoms with E-state index in [-0.39, 0.29) is 6.10 Å².